The molecule has 1 fully saturated rings. The zero-order chi connectivity index (χ0) is 15.9. The van der Waals surface area contributed by atoms with Crippen molar-refractivity contribution in [1.82, 2.24) is 10.2 Å². The van der Waals surface area contributed by atoms with Crippen LogP contribution in [0.25, 0.3) is 0 Å². The molecule has 5 heteroatoms. The molecule has 0 saturated heterocycles. The summed E-state index contributed by atoms with van der Waals surface area (Å²) in [5.41, 5.74) is -0.593. The molecule has 2 atom stereocenters. The van der Waals surface area contributed by atoms with Crippen molar-refractivity contribution in [3.05, 3.63) is 0 Å². The number of rotatable bonds is 11. The third-order valence-electron chi connectivity index (χ3n) is 4.77. The zero-order valence-corrected chi connectivity index (χ0v) is 14.3. The molecule has 0 aromatic rings. The maximum absolute atomic E-state index is 11.8. The Morgan fingerprint density at radius 3 is 2.52 bits per heavy atom. The lowest BCUT2D eigenvalue weighted by atomic mass is 9.95. The van der Waals surface area contributed by atoms with Crippen molar-refractivity contribution < 1.29 is 14.3 Å². The van der Waals surface area contributed by atoms with Crippen molar-refractivity contribution in [2.75, 3.05) is 41.0 Å². The normalized spacial score (nSPS) is 19.3. The fourth-order valence-electron chi connectivity index (χ4n) is 2.79. The summed E-state index contributed by atoms with van der Waals surface area (Å²) in [4.78, 5) is 14.3. The minimum Gasteiger partial charge on any atom is -0.468 e. The number of nitrogens with one attached hydrogen (secondary N) is 1. The van der Waals surface area contributed by atoms with Crippen LogP contribution in [-0.4, -0.2) is 63.4 Å². The summed E-state index contributed by atoms with van der Waals surface area (Å²) < 4.78 is 10.1. The van der Waals surface area contributed by atoms with Gasteiger partial charge in [0.15, 0.2) is 0 Å². The van der Waals surface area contributed by atoms with Crippen molar-refractivity contribution in [1.29, 1.82) is 0 Å². The standard InChI is InChI=1S/C16H32N2O3/c1-13(14-7-8-14)18(11-12-20-4)10-6-9-16(2,17-3)15(19)21-5/h13-14,17H,6-12H2,1-5H3. The average Bonchev–Trinajstić information content (AvgIpc) is 3.33. The van der Waals surface area contributed by atoms with Crippen LogP contribution in [0, 0.1) is 5.92 Å². The van der Waals surface area contributed by atoms with Gasteiger partial charge >= 0.3 is 5.97 Å². The van der Waals surface area contributed by atoms with Crippen LogP contribution in [0.3, 0.4) is 0 Å². The van der Waals surface area contributed by atoms with E-state index in [2.05, 4.69) is 17.1 Å². The van der Waals surface area contributed by atoms with Gasteiger partial charge in [0.05, 0.1) is 13.7 Å². The number of carbonyl (C=O) groups excluding carboxylic acids is 1. The van der Waals surface area contributed by atoms with Gasteiger partial charge < -0.3 is 14.8 Å². The molecule has 124 valence electrons. The van der Waals surface area contributed by atoms with E-state index in [0.29, 0.717) is 6.04 Å². The second-order valence-electron chi connectivity index (χ2n) is 6.28. The van der Waals surface area contributed by atoms with Crippen LogP contribution in [0.5, 0.6) is 0 Å². The average molecular weight is 300 g/mol. The van der Waals surface area contributed by atoms with Gasteiger partial charge in [-0.2, -0.15) is 0 Å². The SMILES string of the molecule is CNC(C)(CCCN(CCOC)C(C)C1CC1)C(=O)OC. The molecule has 1 N–H and O–H groups in total. The fraction of sp³-hybridized carbons (Fsp3) is 0.938. The minimum atomic E-state index is -0.593. The predicted molar refractivity (Wildman–Crippen MR) is 84.3 cm³/mol. The van der Waals surface area contributed by atoms with Crippen LogP contribution in [0.2, 0.25) is 0 Å². The van der Waals surface area contributed by atoms with E-state index >= 15 is 0 Å². The number of ether oxygens (including phenoxy) is 2. The topological polar surface area (TPSA) is 50.8 Å². The summed E-state index contributed by atoms with van der Waals surface area (Å²) >= 11 is 0. The van der Waals surface area contributed by atoms with E-state index in [1.54, 1.807) is 7.11 Å². The number of likely N-dealkylation sites (N-methyl/N-ethyl adjacent to an activating group) is 1. The Hall–Kier alpha value is -0.650. The summed E-state index contributed by atoms with van der Waals surface area (Å²) in [6, 6.07) is 0.610. The zero-order valence-electron chi connectivity index (χ0n) is 14.3. The molecule has 0 spiro atoms. The van der Waals surface area contributed by atoms with E-state index in [-0.39, 0.29) is 5.97 Å². The Morgan fingerprint density at radius 2 is 2.05 bits per heavy atom. The maximum atomic E-state index is 11.8. The van der Waals surface area contributed by atoms with Gasteiger partial charge in [-0.3, -0.25) is 9.69 Å². The van der Waals surface area contributed by atoms with Gasteiger partial charge in [0, 0.05) is 19.7 Å². The predicted octanol–water partition coefficient (Wildman–Crippen LogP) is 1.66. The fourth-order valence-corrected chi connectivity index (χ4v) is 2.79. The number of nitrogens with zero attached hydrogens (tertiary/aromatic N) is 1. The van der Waals surface area contributed by atoms with Crippen LogP contribution in [-0.2, 0) is 14.3 Å². The molecular formula is C16H32N2O3. The van der Waals surface area contributed by atoms with E-state index in [0.717, 1.165) is 38.5 Å². The lowest BCUT2D eigenvalue weighted by Gasteiger charge is -2.31. The summed E-state index contributed by atoms with van der Waals surface area (Å²) in [5.74, 6) is 0.654. The minimum absolute atomic E-state index is 0.191. The van der Waals surface area contributed by atoms with Gasteiger partial charge in [-0.1, -0.05) is 0 Å². The lowest BCUT2D eigenvalue weighted by molar-refractivity contribution is -0.148. The van der Waals surface area contributed by atoms with Crippen LogP contribution < -0.4 is 5.32 Å². The number of hydrogen-bond donors (Lipinski definition) is 1. The molecule has 1 saturated carbocycles. The summed E-state index contributed by atoms with van der Waals surface area (Å²) in [5, 5.41) is 3.09. The Morgan fingerprint density at radius 1 is 1.38 bits per heavy atom. The maximum Gasteiger partial charge on any atom is 0.325 e. The number of methoxy groups -OCH3 is 2. The highest BCUT2D eigenvalue weighted by molar-refractivity contribution is 5.80. The molecule has 1 aliphatic rings. The number of hydrogen-bond acceptors (Lipinski definition) is 5. The van der Waals surface area contributed by atoms with Gasteiger partial charge in [0.2, 0.25) is 0 Å². The largest absolute Gasteiger partial charge is 0.468 e. The first-order chi connectivity index (χ1) is 9.98. The Bertz CT molecular complexity index is 321. The van der Waals surface area contributed by atoms with Crippen molar-refractivity contribution in [2.24, 2.45) is 5.92 Å². The summed E-state index contributed by atoms with van der Waals surface area (Å²) in [7, 11) is 5.00. The van der Waals surface area contributed by atoms with Crippen molar-refractivity contribution >= 4 is 5.97 Å². The van der Waals surface area contributed by atoms with Gasteiger partial charge in [-0.05, 0) is 59.0 Å². The highest BCUT2D eigenvalue weighted by atomic mass is 16.5. The van der Waals surface area contributed by atoms with E-state index in [1.807, 2.05) is 14.0 Å². The second-order valence-corrected chi connectivity index (χ2v) is 6.28. The first-order valence-corrected chi connectivity index (χ1v) is 7.98. The molecule has 1 rings (SSSR count). The first-order valence-electron chi connectivity index (χ1n) is 7.98. The number of carbonyl (C=O) groups is 1. The Labute approximate surface area is 129 Å². The second kappa shape index (κ2) is 8.71. The lowest BCUT2D eigenvalue weighted by Crippen LogP contribution is -2.49. The van der Waals surface area contributed by atoms with Crippen molar-refractivity contribution in [3.8, 4) is 0 Å². The van der Waals surface area contributed by atoms with E-state index in [4.69, 9.17) is 9.47 Å². The molecule has 2 unspecified atom stereocenters. The smallest absolute Gasteiger partial charge is 0.325 e. The van der Waals surface area contributed by atoms with E-state index in [9.17, 15) is 4.79 Å². The van der Waals surface area contributed by atoms with E-state index < -0.39 is 5.54 Å². The van der Waals surface area contributed by atoms with Crippen LogP contribution >= 0.6 is 0 Å². The Balaban J connectivity index is 2.45. The molecule has 0 amide bonds. The van der Waals surface area contributed by atoms with Gasteiger partial charge in [0.25, 0.3) is 0 Å². The molecule has 0 aliphatic heterocycles. The monoisotopic (exact) mass is 300 g/mol. The molecule has 5 nitrogen and oxygen atoms in total. The quantitative estimate of drug-likeness (QED) is 0.588. The summed E-state index contributed by atoms with van der Waals surface area (Å²) in [6.45, 7) is 6.93. The van der Waals surface area contributed by atoms with Gasteiger partial charge in [-0.15, -0.1) is 0 Å². The first kappa shape index (κ1) is 18.4. The molecule has 0 aromatic heterocycles. The van der Waals surface area contributed by atoms with Gasteiger partial charge in [0.1, 0.15) is 5.54 Å². The van der Waals surface area contributed by atoms with E-state index in [1.165, 1.54) is 20.0 Å². The van der Waals surface area contributed by atoms with Crippen LogP contribution in [0.4, 0.5) is 0 Å². The Kier molecular flexibility index (Phi) is 7.63. The van der Waals surface area contributed by atoms with Crippen molar-refractivity contribution in [3.63, 3.8) is 0 Å². The number of esters is 1. The van der Waals surface area contributed by atoms with Crippen molar-refractivity contribution in [2.45, 2.75) is 51.1 Å². The molecule has 0 radical (unpaired) electrons. The third kappa shape index (κ3) is 5.57. The van der Waals surface area contributed by atoms with Crippen LogP contribution in [0.15, 0.2) is 0 Å². The van der Waals surface area contributed by atoms with Gasteiger partial charge in [-0.25, -0.2) is 0 Å². The highest BCUT2D eigenvalue weighted by Crippen LogP contribution is 2.35. The molecular weight excluding hydrogens is 268 g/mol. The third-order valence-corrected chi connectivity index (χ3v) is 4.77. The molecule has 21 heavy (non-hydrogen) atoms. The molecule has 0 bridgehead atoms. The van der Waals surface area contributed by atoms with Crippen LogP contribution in [0.1, 0.15) is 39.5 Å². The molecule has 0 heterocycles. The molecule has 1 aliphatic carbocycles. The molecule has 0 aromatic carbocycles. The summed E-state index contributed by atoms with van der Waals surface area (Å²) in [6.07, 6.45) is 4.44. The highest BCUT2D eigenvalue weighted by Gasteiger charge is 2.34.